The van der Waals surface area contributed by atoms with Gasteiger partial charge in [-0.3, -0.25) is 0 Å². The van der Waals surface area contributed by atoms with E-state index >= 15 is 0 Å². The van der Waals surface area contributed by atoms with Crippen LogP contribution in [0, 0.1) is 0 Å². The summed E-state index contributed by atoms with van der Waals surface area (Å²) in [6, 6.07) is 28.5. The van der Waals surface area contributed by atoms with Crippen LogP contribution in [0.15, 0.2) is 78.9 Å². The topological polar surface area (TPSA) is 21.3 Å². The quantitative estimate of drug-likeness (QED) is 0.527. The predicted octanol–water partition coefficient (Wildman–Crippen LogP) is 4.03. The number of hydrogen-bond donors (Lipinski definition) is 1. The van der Waals surface area contributed by atoms with Crippen molar-refractivity contribution in [2.24, 2.45) is 0 Å². The highest BCUT2D eigenvalue weighted by molar-refractivity contribution is 6.79. The maximum Gasteiger partial charge on any atom is 0.267 e. The first-order valence-electron chi connectivity index (χ1n) is 10.2. The van der Waals surface area contributed by atoms with E-state index in [2.05, 4.69) is 105 Å². The fourth-order valence-corrected chi connectivity index (χ4v) is 6.03. The molecule has 1 atom stereocenters. The van der Waals surface area contributed by atoms with Crippen LogP contribution in [0.25, 0.3) is 0 Å². The molecule has 0 fully saturated rings. The van der Waals surface area contributed by atoms with E-state index in [1.54, 1.807) is 0 Å². The third kappa shape index (κ3) is 4.12. The van der Waals surface area contributed by atoms with E-state index in [0.29, 0.717) is 0 Å². The maximum absolute atomic E-state index is 6.47. The van der Waals surface area contributed by atoms with Crippen molar-refractivity contribution >= 4 is 19.4 Å². The summed E-state index contributed by atoms with van der Waals surface area (Å²) in [5, 5.41) is 2.59. The number of nitrogens with one attached hydrogen (secondary N) is 1. The lowest BCUT2D eigenvalue weighted by molar-refractivity contribution is 0.161. The van der Waals surface area contributed by atoms with Crippen LogP contribution in [0.4, 0.5) is 0 Å². The monoisotopic (exact) mass is 387 g/mol. The van der Waals surface area contributed by atoms with Crippen LogP contribution in [0.3, 0.4) is 0 Å². The first-order chi connectivity index (χ1) is 13.5. The van der Waals surface area contributed by atoms with Crippen LogP contribution in [0.5, 0.6) is 0 Å². The molecule has 0 saturated heterocycles. The molecule has 0 bridgehead atoms. The Bertz CT molecular complexity index is 879. The molecule has 3 aromatic carbocycles. The molecule has 3 heteroatoms. The van der Waals surface area contributed by atoms with Gasteiger partial charge in [-0.1, -0.05) is 99.6 Å². The Labute approximate surface area is 170 Å². The molecule has 1 aliphatic rings. The minimum absolute atomic E-state index is 0.161. The van der Waals surface area contributed by atoms with Gasteiger partial charge in [0.15, 0.2) is 0 Å². The number of fused-ring (bicyclic) bond motifs is 1. The summed E-state index contributed by atoms with van der Waals surface area (Å²) in [7, 11) is -1.78. The smallest absolute Gasteiger partial charge is 0.267 e. The van der Waals surface area contributed by atoms with E-state index in [1.807, 2.05) is 0 Å². The van der Waals surface area contributed by atoms with Gasteiger partial charge in [-0.15, -0.1) is 0 Å². The molecular weight excluding hydrogens is 358 g/mol. The van der Waals surface area contributed by atoms with Crippen molar-refractivity contribution in [2.45, 2.75) is 45.1 Å². The van der Waals surface area contributed by atoms with E-state index in [9.17, 15) is 0 Å². The lowest BCUT2D eigenvalue weighted by atomic mass is 9.85. The van der Waals surface area contributed by atoms with Crippen LogP contribution < -0.4 is 15.9 Å². The predicted molar refractivity (Wildman–Crippen MR) is 120 cm³/mol. The van der Waals surface area contributed by atoms with Crippen molar-refractivity contribution in [3.8, 4) is 0 Å². The van der Waals surface area contributed by atoms with Crippen LogP contribution in [-0.4, -0.2) is 9.04 Å². The minimum atomic E-state index is -1.78. The summed E-state index contributed by atoms with van der Waals surface area (Å²) in [6.45, 7) is 6.82. The summed E-state index contributed by atoms with van der Waals surface area (Å²) in [4.78, 5) is 0. The highest BCUT2D eigenvalue weighted by Crippen LogP contribution is 2.34. The van der Waals surface area contributed by atoms with Crippen LogP contribution in [-0.2, 0) is 16.4 Å². The first-order valence-corrected chi connectivity index (χ1v) is 11.8. The Morgan fingerprint density at radius 1 is 0.857 bits per heavy atom. The van der Waals surface area contributed by atoms with Crippen molar-refractivity contribution < 1.29 is 4.53 Å². The summed E-state index contributed by atoms with van der Waals surface area (Å²) in [5.41, 5.74) is 7.88. The van der Waals surface area contributed by atoms with Gasteiger partial charge in [0.05, 0.1) is 6.04 Å². The molecule has 0 aromatic heterocycles. The number of aryl methyl sites for hydroxylation is 1. The molecule has 0 spiro atoms. The maximum atomic E-state index is 6.47. The molecule has 1 unspecified atom stereocenters. The normalized spacial score (nSPS) is 16.4. The molecule has 1 N–H and O–H groups in total. The average Bonchev–Trinajstić information content (AvgIpc) is 3.12. The largest absolute Gasteiger partial charge is 0.338 e. The highest BCUT2D eigenvalue weighted by atomic mass is 28.3. The van der Waals surface area contributed by atoms with Crippen LogP contribution >= 0.6 is 0 Å². The molecule has 1 aliphatic carbocycles. The fraction of sp³-hybridized carbons (Fsp3) is 0.280. The van der Waals surface area contributed by atoms with Crippen molar-refractivity contribution in [3.05, 3.63) is 95.6 Å². The standard InChI is InChI=1S/C25H29NOSi/c1-25(2,3)20-16-14-19-15-17-24(23(19)18-20)26-27-28(21-10-6-4-7-11-21)22-12-8-5-9-13-22/h4-14,16,18,24,26,28H,15,17H2,1-3H3. The molecular formula is C25H29NOSi. The van der Waals surface area contributed by atoms with E-state index in [4.69, 9.17) is 4.53 Å². The number of benzene rings is 3. The molecule has 144 valence electrons. The SMILES string of the molecule is CC(C)(C)c1ccc2c(c1)C(NO[SiH](c1ccccc1)c1ccccc1)CC2. The lowest BCUT2D eigenvalue weighted by Crippen LogP contribution is -2.48. The second kappa shape index (κ2) is 8.04. The third-order valence-electron chi connectivity index (χ3n) is 5.62. The van der Waals surface area contributed by atoms with E-state index in [-0.39, 0.29) is 11.5 Å². The Kier molecular flexibility index (Phi) is 5.49. The summed E-state index contributed by atoms with van der Waals surface area (Å²) < 4.78 is 6.47. The van der Waals surface area contributed by atoms with Gasteiger partial charge in [0, 0.05) is 0 Å². The van der Waals surface area contributed by atoms with Crippen molar-refractivity contribution in [2.75, 3.05) is 0 Å². The van der Waals surface area contributed by atoms with Gasteiger partial charge in [0.1, 0.15) is 0 Å². The second-order valence-corrected chi connectivity index (χ2v) is 11.0. The molecule has 0 aliphatic heterocycles. The molecule has 28 heavy (non-hydrogen) atoms. The van der Waals surface area contributed by atoms with Crippen molar-refractivity contribution in [1.29, 1.82) is 0 Å². The van der Waals surface area contributed by atoms with E-state index in [0.717, 1.165) is 12.8 Å². The van der Waals surface area contributed by atoms with Gasteiger partial charge < -0.3 is 4.53 Å². The van der Waals surface area contributed by atoms with E-state index < -0.39 is 9.04 Å². The van der Waals surface area contributed by atoms with Crippen LogP contribution in [0.1, 0.15) is 49.9 Å². The fourth-order valence-electron chi connectivity index (χ4n) is 3.93. The zero-order valence-electron chi connectivity index (χ0n) is 17.0. The Morgan fingerprint density at radius 3 is 2.04 bits per heavy atom. The molecule has 0 radical (unpaired) electrons. The first kappa shape index (κ1) is 19.1. The van der Waals surface area contributed by atoms with Gasteiger partial charge in [-0.2, -0.15) is 0 Å². The Hall–Kier alpha value is -2.20. The molecule has 2 nitrogen and oxygen atoms in total. The summed E-state index contributed by atoms with van der Waals surface area (Å²) in [5.74, 6) is 0. The molecule has 0 saturated carbocycles. The third-order valence-corrected chi connectivity index (χ3v) is 7.98. The molecule has 0 amide bonds. The van der Waals surface area contributed by atoms with Gasteiger partial charge in [-0.25, -0.2) is 5.48 Å². The van der Waals surface area contributed by atoms with Gasteiger partial charge in [-0.05, 0) is 45.3 Å². The zero-order valence-corrected chi connectivity index (χ0v) is 18.1. The van der Waals surface area contributed by atoms with Crippen LogP contribution in [0.2, 0.25) is 0 Å². The minimum Gasteiger partial charge on any atom is -0.338 e. The Balaban J connectivity index is 1.57. The Morgan fingerprint density at radius 2 is 1.46 bits per heavy atom. The van der Waals surface area contributed by atoms with Gasteiger partial charge in [0.25, 0.3) is 9.04 Å². The van der Waals surface area contributed by atoms with Crippen molar-refractivity contribution in [3.63, 3.8) is 0 Å². The van der Waals surface area contributed by atoms with E-state index in [1.165, 1.54) is 27.1 Å². The lowest BCUT2D eigenvalue weighted by Gasteiger charge is -2.23. The summed E-state index contributed by atoms with van der Waals surface area (Å²) >= 11 is 0. The average molecular weight is 388 g/mol. The zero-order chi connectivity index (χ0) is 19.6. The highest BCUT2D eigenvalue weighted by Gasteiger charge is 2.27. The van der Waals surface area contributed by atoms with Gasteiger partial charge in [0.2, 0.25) is 0 Å². The molecule has 4 rings (SSSR count). The second-order valence-electron chi connectivity index (χ2n) is 8.69. The van der Waals surface area contributed by atoms with Gasteiger partial charge >= 0.3 is 0 Å². The summed E-state index contributed by atoms with van der Waals surface area (Å²) in [6.07, 6.45) is 2.21. The number of hydroxylamine groups is 1. The molecule has 3 aromatic rings. The van der Waals surface area contributed by atoms with Crippen molar-refractivity contribution in [1.82, 2.24) is 5.48 Å². The number of rotatable bonds is 5. The molecule has 0 heterocycles. The number of hydrogen-bond acceptors (Lipinski definition) is 2.